The van der Waals surface area contributed by atoms with E-state index in [1.54, 1.807) is 20.8 Å². The van der Waals surface area contributed by atoms with Crippen LogP contribution in [0.15, 0.2) is 4.99 Å². The van der Waals surface area contributed by atoms with E-state index in [9.17, 15) is 43.5 Å². The second kappa shape index (κ2) is 34.2. The molecule has 0 unspecified atom stereocenters. The van der Waals surface area contributed by atoms with Crippen molar-refractivity contribution in [1.82, 2.24) is 37.2 Å². The summed E-state index contributed by atoms with van der Waals surface area (Å²) in [7, 11) is 0. The molecule has 22 heteroatoms. The van der Waals surface area contributed by atoms with Crippen LogP contribution < -0.4 is 65.9 Å². The Morgan fingerprint density at radius 3 is 1.28 bits per heavy atom. The van der Waals surface area contributed by atoms with E-state index in [0.717, 1.165) is 0 Å². The third kappa shape index (κ3) is 25.4. The number of aliphatic carboxylic acids is 1. The fourth-order valence-electron chi connectivity index (χ4n) is 7.28. The lowest BCUT2D eigenvalue weighted by molar-refractivity contribution is -0.143. The Bertz CT molecular complexity index is 1640. The maximum Gasteiger partial charge on any atom is 0.326 e. The zero-order chi connectivity index (χ0) is 53.0. The summed E-state index contributed by atoms with van der Waals surface area (Å²) in [5.41, 5.74) is 28.5. The highest BCUT2D eigenvalue weighted by atomic mass is 16.4. The van der Waals surface area contributed by atoms with Crippen molar-refractivity contribution in [2.75, 3.05) is 19.6 Å². The van der Waals surface area contributed by atoms with E-state index in [1.165, 1.54) is 0 Å². The van der Waals surface area contributed by atoms with E-state index in [-0.39, 0.29) is 74.7 Å². The molecule has 0 fully saturated rings. The molecule has 0 radical (unpaired) electrons. The van der Waals surface area contributed by atoms with Crippen LogP contribution in [0.25, 0.3) is 0 Å². The second-order valence-electron chi connectivity index (χ2n) is 19.4. The first-order chi connectivity index (χ1) is 32.3. The minimum Gasteiger partial charge on any atom is -0.480 e. The molecule has 0 aromatic rings. The molecule has 7 amide bonds. The second-order valence-corrected chi connectivity index (χ2v) is 19.4. The van der Waals surface area contributed by atoms with Gasteiger partial charge in [-0.25, -0.2) is 4.79 Å². The van der Waals surface area contributed by atoms with Crippen molar-refractivity contribution in [2.24, 2.45) is 63.3 Å². The number of rotatable bonds is 36. The van der Waals surface area contributed by atoms with Crippen LogP contribution in [-0.2, 0) is 38.4 Å². The number of hydrogen-bond donors (Lipinski definition) is 13. The molecule has 0 rings (SSSR count). The molecule has 0 bridgehead atoms. The average Bonchev–Trinajstić information content (AvgIpc) is 3.27. The van der Waals surface area contributed by atoms with Crippen LogP contribution in [0.1, 0.15) is 146 Å². The summed E-state index contributed by atoms with van der Waals surface area (Å²) in [6.07, 6.45) is 3.95. The Kier molecular flexibility index (Phi) is 31.7. The number of carbonyl (C=O) groups is 8. The van der Waals surface area contributed by atoms with Crippen molar-refractivity contribution in [3.8, 4) is 0 Å². The fourth-order valence-corrected chi connectivity index (χ4v) is 7.28. The number of nitrogens with one attached hydrogen (secondary N) is 7. The summed E-state index contributed by atoms with van der Waals surface area (Å²) in [5.74, 6) is -7.22. The topological polar surface area (TPSA) is 383 Å². The molecule has 0 aliphatic rings. The molecule has 0 spiro atoms. The highest BCUT2D eigenvalue weighted by Gasteiger charge is 2.36. The SMILES string of the molecule is CC[C@H](C)[C@H](N)C(=O)N[C@H](C(=O)N[C@@H](CCCCN)C(=O)N[C@@H](CC(C)C)C(=O)N[C@@H](CC(C)C)C(=O)N[C@@H](CCCN=C(N)N)C(=O)N[C@H](C(=O)N[C@@H](CCCCN)C(=O)O)[C@@H](C)CC)C(C)C. The van der Waals surface area contributed by atoms with Gasteiger partial charge in [-0.1, -0.05) is 82.1 Å². The molecule has 0 aliphatic heterocycles. The van der Waals surface area contributed by atoms with Crippen molar-refractivity contribution in [1.29, 1.82) is 0 Å². The van der Waals surface area contributed by atoms with Crippen LogP contribution in [0.2, 0.25) is 0 Å². The number of aliphatic imine (C=N–C) groups is 1. The molecule has 398 valence electrons. The lowest BCUT2D eigenvalue weighted by Crippen LogP contribution is -2.61. The van der Waals surface area contributed by atoms with Gasteiger partial charge in [0.05, 0.1) is 6.04 Å². The van der Waals surface area contributed by atoms with Gasteiger partial charge in [-0.3, -0.25) is 38.6 Å². The number of guanidine groups is 1. The third-order valence-electron chi connectivity index (χ3n) is 12.0. The molecular formula is C47H91N13O9. The summed E-state index contributed by atoms with van der Waals surface area (Å²) < 4.78 is 0. The summed E-state index contributed by atoms with van der Waals surface area (Å²) in [5, 5.41) is 29.0. The van der Waals surface area contributed by atoms with Gasteiger partial charge in [-0.2, -0.15) is 0 Å². The van der Waals surface area contributed by atoms with E-state index in [2.05, 4.69) is 42.2 Å². The Hall–Kier alpha value is -5.09. The molecular weight excluding hydrogens is 891 g/mol. The van der Waals surface area contributed by atoms with Gasteiger partial charge >= 0.3 is 5.97 Å². The van der Waals surface area contributed by atoms with Gasteiger partial charge in [0.25, 0.3) is 0 Å². The minimum absolute atomic E-state index is 0.0116. The molecule has 69 heavy (non-hydrogen) atoms. The maximum atomic E-state index is 14.3. The van der Waals surface area contributed by atoms with Crippen LogP contribution >= 0.6 is 0 Å². The number of nitrogens with zero attached hydrogens (tertiary/aromatic N) is 1. The van der Waals surface area contributed by atoms with Crippen molar-refractivity contribution >= 4 is 53.3 Å². The van der Waals surface area contributed by atoms with Gasteiger partial charge in [0, 0.05) is 6.54 Å². The molecule has 10 atom stereocenters. The first-order valence-electron chi connectivity index (χ1n) is 24.9. The highest BCUT2D eigenvalue weighted by Crippen LogP contribution is 2.15. The van der Waals surface area contributed by atoms with Crippen molar-refractivity contribution in [2.45, 2.75) is 195 Å². The summed E-state index contributed by atoms with van der Waals surface area (Å²) >= 11 is 0. The zero-order valence-electron chi connectivity index (χ0n) is 43.2. The Morgan fingerprint density at radius 2 is 0.855 bits per heavy atom. The predicted molar refractivity (Wildman–Crippen MR) is 268 cm³/mol. The number of carboxylic acid groups (broad SMARTS) is 1. The van der Waals surface area contributed by atoms with Crippen LogP contribution in [0.5, 0.6) is 0 Å². The van der Waals surface area contributed by atoms with E-state index in [4.69, 9.17) is 28.7 Å². The van der Waals surface area contributed by atoms with E-state index >= 15 is 0 Å². The molecule has 0 saturated heterocycles. The maximum absolute atomic E-state index is 14.3. The van der Waals surface area contributed by atoms with Gasteiger partial charge in [0.15, 0.2) is 5.96 Å². The Morgan fingerprint density at radius 1 is 0.478 bits per heavy atom. The monoisotopic (exact) mass is 982 g/mol. The van der Waals surface area contributed by atoms with E-state index < -0.39 is 102 Å². The highest BCUT2D eigenvalue weighted by molar-refractivity contribution is 5.97. The number of carbonyl (C=O) groups excluding carboxylic acids is 7. The predicted octanol–water partition coefficient (Wildman–Crippen LogP) is -0.0561. The number of nitrogens with two attached hydrogens (primary N) is 5. The Labute approximate surface area is 410 Å². The molecule has 0 aromatic carbocycles. The number of carboxylic acids is 1. The summed E-state index contributed by atoms with van der Waals surface area (Å²) in [6, 6.07) is -8.99. The van der Waals surface area contributed by atoms with E-state index in [1.807, 2.05) is 48.5 Å². The van der Waals surface area contributed by atoms with Gasteiger partial charge in [0.2, 0.25) is 41.4 Å². The summed E-state index contributed by atoms with van der Waals surface area (Å²) in [6.45, 7) is 19.0. The van der Waals surface area contributed by atoms with Crippen molar-refractivity contribution in [3.63, 3.8) is 0 Å². The molecule has 18 N–H and O–H groups in total. The number of amides is 7. The van der Waals surface area contributed by atoms with Crippen molar-refractivity contribution in [3.05, 3.63) is 0 Å². The molecule has 0 aromatic heterocycles. The van der Waals surface area contributed by atoms with E-state index in [0.29, 0.717) is 51.6 Å². The van der Waals surface area contributed by atoms with Gasteiger partial charge < -0.3 is 71.0 Å². The van der Waals surface area contributed by atoms with Gasteiger partial charge in [0.1, 0.15) is 42.3 Å². The Balaban J connectivity index is 6.73. The molecule has 0 heterocycles. The zero-order valence-corrected chi connectivity index (χ0v) is 43.2. The first kappa shape index (κ1) is 63.9. The number of hydrogen-bond acceptors (Lipinski definition) is 12. The number of unbranched alkanes of at least 4 members (excludes halogenated alkanes) is 2. The third-order valence-corrected chi connectivity index (χ3v) is 12.0. The molecule has 0 saturated carbocycles. The van der Waals surface area contributed by atoms with Crippen LogP contribution in [0.3, 0.4) is 0 Å². The fraction of sp³-hybridized carbons (Fsp3) is 0.809. The van der Waals surface area contributed by atoms with Crippen LogP contribution in [0.4, 0.5) is 0 Å². The van der Waals surface area contributed by atoms with Crippen molar-refractivity contribution < 1.29 is 43.5 Å². The van der Waals surface area contributed by atoms with Gasteiger partial charge in [-0.15, -0.1) is 0 Å². The first-order valence-corrected chi connectivity index (χ1v) is 24.9. The molecule has 0 aliphatic carbocycles. The van der Waals surface area contributed by atoms with Crippen LogP contribution in [0, 0.1) is 29.6 Å². The standard InChI is InChI=1S/C47H91N13O9/c1-11-29(9)36(50)43(65)59-37(28(7)8)44(66)55-31(18-13-15-21-48)39(61)57-35(25-27(5)6)42(64)58-34(24-26(3)4)41(63)54-32(20-17-23-53-47(51)52)40(62)60-38(30(10)12-2)45(67)56-33(46(68)69)19-14-16-22-49/h26-38H,11-25,48-50H2,1-10H3,(H,54,63)(H,55,66)(H,56,67)(H,57,61)(H,58,64)(H,59,65)(H,60,62)(H,68,69)(H4,51,52,53)/t29-,30-,31-,32-,33-,34-,35-,36-,37-,38-/m0/s1. The van der Waals surface area contributed by atoms with Crippen LogP contribution in [-0.4, -0.2) is 126 Å². The van der Waals surface area contributed by atoms with Gasteiger partial charge in [-0.05, 0) is 107 Å². The largest absolute Gasteiger partial charge is 0.480 e. The normalized spacial score (nSPS) is 15.8. The summed E-state index contributed by atoms with van der Waals surface area (Å²) in [4.78, 5) is 113. The smallest absolute Gasteiger partial charge is 0.326 e. The minimum atomic E-state index is -1.26. The average molecular weight is 982 g/mol. The quantitative estimate of drug-likeness (QED) is 0.0222. The lowest BCUT2D eigenvalue weighted by Gasteiger charge is -2.30. The molecule has 22 nitrogen and oxygen atoms in total. The lowest BCUT2D eigenvalue weighted by atomic mass is 9.96.